The predicted octanol–water partition coefficient (Wildman–Crippen LogP) is 3.23. The molecule has 1 aliphatic rings. The third-order valence-corrected chi connectivity index (χ3v) is 5.69. The van der Waals surface area contributed by atoms with Gasteiger partial charge in [-0.25, -0.2) is 0 Å². The fourth-order valence-electron chi connectivity index (χ4n) is 3.97. The topological polar surface area (TPSA) is 97.6 Å². The van der Waals surface area contributed by atoms with Gasteiger partial charge in [-0.1, -0.05) is 49.0 Å². The first-order valence-corrected chi connectivity index (χ1v) is 11.0. The van der Waals surface area contributed by atoms with Crippen LogP contribution >= 0.6 is 0 Å². The minimum atomic E-state index is -0.570. The monoisotopic (exact) mass is 428 g/mol. The third-order valence-electron chi connectivity index (χ3n) is 5.69. The number of hydrogen-bond donors (Lipinski definition) is 1. The Kier molecular flexibility index (Phi) is 8.03. The lowest BCUT2D eigenvalue weighted by atomic mass is 9.89. The molecule has 1 aromatic carbocycles. The first-order chi connectivity index (χ1) is 15.0. The molecule has 1 saturated carbocycles. The maximum Gasteiger partial charge on any atom is 0.227 e. The standard InChI is InChI=1S/C23H32N4O4/c1-18(28)25-23(14-8-3-4-9-15-23)22-24-20(31-26-22)12-13-21(29)27(2)16-17-30-19-10-6-5-7-11-19/h5-7,10-11H,3-4,8-9,12-17H2,1-2H3,(H,25,28). The molecular formula is C23H32N4O4. The lowest BCUT2D eigenvalue weighted by molar-refractivity contribution is -0.130. The SMILES string of the molecule is CC(=O)NC1(c2noc(CCC(=O)N(C)CCOc3ccccc3)n2)CCCCCC1. The van der Waals surface area contributed by atoms with Crippen molar-refractivity contribution < 1.29 is 18.8 Å². The highest BCUT2D eigenvalue weighted by atomic mass is 16.5. The number of amides is 2. The number of aryl methyl sites for hydroxylation is 1. The van der Waals surface area contributed by atoms with Crippen molar-refractivity contribution in [2.75, 3.05) is 20.2 Å². The maximum absolute atomic E-state index is 12.4. The Morgan fingerprint density at radius 1 is 1.16 bits per heavy atom. The second kappa shape index (κ2) is 10.9. The lowest BCUT2D eigenvalue weighted by Crippen LogP contribution is -2.45. The Bertz CT molecular complexity index is 844. The highest BCUT2D eigenvalue weighted by Crippen LogP contribution is 2.34. The zero-order valence-electron chi connectivity index (χ0n) is 18.4. The number of carbonyl (C=O) groups excluding carboxylic acids is 2. The number of likely N-dealkylation sites (N-methyl/N-ethyl adjacent to an activating group) is 1. The molecule has 0 unspecified atom stereocenters. The Labute approximate surface area is 183 Å². The van der Waals surface area contributed by atoms with Crippen molar-refractivity contribution in [3.63, 3.8) is 0 Å². The molecule has 8 nitrogen and oxygen atoms in total. The van der Waals surface area contributed by atoms with Crippen molar-refractivity contribution in [3.8, 4) is 5.75 Å². The highest BCUT2D eigenvalue weighted by Gasteiger charge is 2.38. The summed E-state index contributed by atoms with van der Waals surface area (Å²) in [7, 11) is 1.76. The van der Waals surface area contributed by atoms with E-state index in [1.807, 2.05) is 30.3 Å². The van der Waals surface area contributed by atoms with Crippen LogP contribution in [0.3, 0.4) is 0 Å². The molecule has 0 radical (unpaired) electrons. The van der Waals surface area contributed by atoms with E-state index in [1.54, 1.807) is 11.9 Å². The van der Waals surface area contributed by atoms with Crippen LogP contribution in [0.25, 0.3) is 0 Å². The Hall–Kier alpha value is -2.90. The Morgan fingerprint density at radius 3 is 2.55 bits per heavy atom. The van der Waals surface area contributed by atoms with Gasteiger partial charge in [-0.2, -0.15) is 4.98 Å². The molecule has 8 heteroatoms. The van der Waals surface area contributed by atoms with Crippen LogP contribution in [0, 0.1) is 0 Å². The smallest absolute Gasteiger partial charge is 0.227 e. The number of hydrogen-bond acceptors (Lipinski definition) is 6. The summed E-state index contributed by atoms with van der Waals surface area (Å²) in [5.74, 6) is 1.63. The number of benzene rings is 1. The molecular weight excluding hydrogens is 396 g/mol. The molecule has 1 aromatic heterocycles. The van der Waals surface area contributed by atoms with E-state index in [1.165, 1.54) is 6.92 Å². The van der Waals surface area contributed by atoms with E-state index in [0.29, 0.717) is 31.3 Å². The van der Waals surface area contributed by atoms with Gasteiger partial charge in [0.2, 0.25) is 17.7 Å². The highest BCUT2D eigenvalue weighted by molar-refractivity contribution is 5.76. The first-order valence-electron chi connectivity index (χ1n) is 11.0. The molecule has 0 saturated heterocycles. The van der Waals surface area contributed by atoms with Gasteiger partial charge in [0, 0.05) is 26.8 Å². The molecule has 1 N–H and O–H groups in total. The van der Waals surface area contributed by atoms with Gasteiger partial charge in [-0.15, -0.1) is 0 Å². The minimum absolute atomic E-state index is 0.0116. The molecule has 31 heavy (non-hydrogen) atoms. The summed E-state index contributed by atoms with van der Waals surface area (Å²) in [6.07, 6.45) is 6.55. The molecule has 168 valence electrons. The molecule has 0 bridgehead atoms. The largest absolute Gasteiger partial charge is 0.492 e. The van der Waals surface area contributed by atoms with Crippen LogP contribution in [0.2, 0.25) is 0 Å². The molecule has 0 spiro atoms. The lowest BCUT2D eigenvalue weighted by Gasteiger charge is -2.30. The molecule has 0 atom stereocenters. The number of para-hydroxylation sites is 1. The van der Waals surface area contributed by atoms with Crippen LogP contribution in [-0.2, 0) is 21.5 Å². The van der Waals surface area contributed by atoms with Crippen molar-refractivity contribution in [2.45, 2.75) is 63.8 Å². The molecule has 0 aliphatic heterocycles. The number of nitrogens with zero attached hydrogens (tertiary/aromatic N) is 3. The van der Waals surface area contributed by atoms with Crippen molar-refractivity contribution >= 4 is 11.8 Å². The zero-order chi connectivity index (χ0) is 22.1. The van der Waals surface area contributed by atoms with E-state index in [0.717, 1.165) is 44.3 Å². The summed E-state index contributed by atoms with van der Waals surface area (Å²) in [6.45, 7) is 2.44. The third kappa shape index (κ3) is 6.54. The maximum atomic E-state index is 12.4. The summed E-state index contributed by atoms with van der Waals surface area (Å²) in [4.78, 5) is 30.5. The quantitative estimate of drug-likeness (QED) is 0.616. The van der Waals surface area contributed by atoms with Crippen LogP contribution in [0.15, 0.2) is 34.9 Å². The van der Waals surface area contributed by atoms with Crippen LogP contribution in [0.5, 0.6) is 5.75 Å². The van der Waals surface area contributed by atoms with Gasteiger partial charge in [-0.3, -0.25) is 9.59 Å². The van der Waals surface area contributed by atoms with Crippen molar-refractivity contribution in [1.29, 1.82) is 0 Å². The van der Waals surface area contributed by atoms with Crippen molar-refractivity contribution in [3.05, 3.63) is 42.0 Å². The van der Waals surface area contributed by atoms with E-state index in [4.69, 9.17) is 9.26 Å². The molecule has 1 aliphatic carbocycles. The summed E-state index contributed by atoms with van der Waals surface area (Å²) in [6, 6.07) is 9.52. The fourth-order valence-corrected chi connectivity index (χ4v) is 3.97. The number of ether oxygens (including phenoxy) is 1. The second-order valence-corrected chi connectivity index (χ2v) is 8.17. The number of nitrogens with one attached hydrogen (secondary N) is 1. The molecule has 2 aromatic rings. The minimum Gasteiger partial charge on any atom is -0.492 e. The van der Waals surface area contributed by atoms with Gasteiger partial charge in [0.25, 0.3) is 0 Å². The van der Waals surface area contributed by atoms with E-state index in [9.17, 15) is 9.59 Å². The normalized spacial score (nSPS) is 15.7. The fraction of sp³-hybridized carbons (Fsp3) is 0.565. The average molecular weight is 429 g/mol. The van der Waals surface area contributed by atoms with E-state index < -0.39 is 5.54 Å². The second-order valence-electron chi connectivity index (χ2n) is 8.17. The zero-order valence-corrected chi connectivity index (χ0v) is 18.4. The van der Waals surface area contributed by atoms with Crippen LogP contribution in [0.1, 0.15) is 63.6 Å². The summed E-state index contributed by atoms with van der Waals surface area (Å²) < 4.78 is 11.1. The van der Waals surface area contributed by atoms with E-state index in [2.05, 4.69) is 15.5 Å². The Morgan fingerprint density at radius 2 is 1.87 bits per heavy atom. The Balaban J connectivity index is 1.51. The summed E-state index contributed by atoms with van der Waals surface area (Å²) in [5.41, 5.74) is -0.570. The number of aromatic nitrogens is 2. The molecule has 1 heterocycles. The van der Waals surface area contributed by atoms with Crippen LogP contribution < -0.4 is 10.1 Å². The van der Waals surface area contributed by atoms with Crippen LogP contribution in [0.4, 0.5) is 0 Å². The molecule has 2 amide bonds. The first kappa shape index (κ1) is 22.8. The van der Waals surface area contributed by atoms with Gasteiger partial charge in [0.05, 0.1) is 6.54 Å². The van der Waals surface area contributed by atoms with Gasteiger partial charge < -0.3 is 19.5 Å². The van der Waals surface area contributed by atoms with E-state index >= 15 is 0 Å². The predicted molar refractivity (Wildman–Crippen MR) is 115 cm³/mol. The summed E-state index contributed by atoms with van der Waals surface area (Å²) in [5, 5.41) is 7.24. The average Bonchev–Trinajstić information content (AvgIpc) is 3.12. The van der Waals surface area contributed by atoms with Gasteiger partial charge in [0.15, 0.2) is 5.82 Å². The van der Waals surface area contributed by atoms with Crippen molar-refractivity contribution in [2.24, 2.45) is 0 Å². The van der Waals surface area contributed by atoms with Crippen molar-refractivity contribution in [1.82, 2.24) is 20.4 Å². The number of carbonyl (C=O) groups is 2. The number of rotatable bonds is 9. The molecule has 1 fully saturated rings. The summed E-state index contributed by atoms with van der Waals surface area (Å²) >= 11 is 0. The van der Waals surface area contributed by atoms with Gasteiger partial charge >= 0.3 is 0 Å². The molecule has 3 rings (SSSR count). The van der Waals surface area contributed by atoms with E-state index in [-0.39, 0.29) is 18.2 Å². The van der Waals surface area contributed by atoms with Crippen LogP contribution in [-0.4, -0.2) is 47.1 Å². The van der Waals surface area contributed by atoms with Gasteiger partial charge in [0.1, 0.15) is 17.9 Å². The van der Waals surface area contributed by atoms with Gasteiger partial charge in [-0.05, 0) is 25.0 Å².